The Labute approximate surface area is 231 Å². The Kier molecular flexibility index (Phi) is 9.68. The number of allylic oxidation sites excluding steroid dienone is 1. The topological polar surface area (TPSA) is 59.0 Å². The van der Waals surface area contributed by atoms with Gasteiger partial charge in [-0.2, -0.15) is 0 Å². The third kappa shape index (κ3) is 7.66. The zero-order valence-corrected chi connectivity index (χ0v) is 22.7. The summed E-state index contributed by atoms with van der Waals surface area (Å²) in [6.07, 6.45) is 0.272. The Bertz CT molecular complexity index is 1360. The SMILES string of the molecule is CC/C(=C(/c1ccc(OCC(O)CN(C)C)cc1)c1ccc(OC(=O)c2ccccc2)cc1)c1ccccc1. The van der Waals surface area contributed by atoms with Gasteiger partial charge in [0.15, 0.2) is 0 Å². The second kappa shape index (κ2) is 13.6. The van der Waals surface area contributed by atoms with Crippen LogP contribution in [0, 0.1) is 0 Å². The molecule has 0 spiro atoms. The molecule has 0 saturated carbocycles. The molecule has 1 atom stereocenters. The second-order valence-electron chi connectivity index (χ2n) is 9.60. The van der Waals surface area contributed by atoms with Crippen LogP contribution in [0.2, 0.25) is 0 Å². The molecule has 0 aliphatic rings. The molecule has 0 aliphatic carbocycles. The summed E-state index contributed by atoms with van der Waals surface area (Å²) >= 11 is 0. The smallest absolute Gasteiger partial charge is 0.343 e. The summed E-state index contributed by atoms with van der Waals surface area (Å²) in [7, 11) is 3.84. The lowest BCUT2D eigenvalue weighted by Gasteiger charge is -2.18. The van der Waals surface area contributed by atoms with E-state index in [9.17, 15) is 9.90 Å². The zero-order chi connectivity index (χ0) is 27.6. The number of carbonyl (C=O) groups is 1. The summed E-state index contributed by atoms with van der Waals surface area (Å²) in [4.78, 5) is 14.4. The number of esters is 1. The maximum absolute atomic E-state index is 12.5. The van der Waals surface area contributed by atoms with Crippen LogP contribution in [0.25, 0.3) is 11.1 Å². The number of hydrogen-bond donors (Lipinski definition) is 1. The van der Waals surface area contributed by atoms with Crippen molar-refractivity contribution in [2.45, 2.75) is 19.4 Å². The Morgan fingerprint density at radius 2 is 1.23 bits per heavy atom. The summed E-state index contributed by atoms with van der Waals surface area (Å²) in [5, 5.41) is 10.1. The van der Waals surface area contributed by atoms with E-state index in [1.165, 1.54) is 5.57 Å². The minimum atomic E-state index is -0.561. The van der Waals surface area contributed by atoms with Crippen molar-refractivity contribution in [2.75, 3.05) is 27.2 Å². The third-order valence-corrected chi connectivity index (χ3v) is 6.30. The molecule has 1 unspecified atom stereocenters. The highest BCUT2D eigenvalue weighted by molar-refractivity contribution is 5.98. The van der Waals surface area contributed by atoms with Gasteiger partial charge in [-0.05, 0) is 84.8 Å². The maximum atomic E-state index is 12.5. The number of hydrogen-bond acceptors (Lipinski definition) is 5. The molecule has 0 heterocycles. The molecular formula is C34H35NO4. The first kappa shape index (κ1) is 27.8. The van der Waals surface area contributed by atoms with E-state index in [4.69, 9.17) is 9.47 Å². The van der Waals surface area contributed by atoms with Gasteiger partial charge in [-0.15, -0.1) is 0 Å². The van der Waals surface area contributed by atoms with Crippen molar-refractivity contribution >= 4 is 17.1 Å². The lowest BCUT2D eigenvalue weighted by atomic mass is 9.88. The molecule has 200 valence electrons. The fourth-order valence-electron chi connectivity index (χ4n) is 4.49. The molecule has 5 nitrogen and oxygen atoms in total. The first-order chi connectivity index (χ1) is 18.9. The van der Waals surface area contributed by atoms with E-state index in [2.05, 4.69) is 19.1 Å². The monoisotopic (exact) mass is 521 g/mol. The van der Waals surface area contributed by atoms with Gasteiger partial charge in [0, 0.05) is 6.54 Å². The van der Waals surface area contributed by atoms with E-state index in [-0.39, 0.29) is 12.6 Å². The number of rotatable bonds is 11. The number of benzene rings is 4. The number of nitrogens with zero attached hydrogens (tertiary/aromatic N) is 1. The molecule has 0 fully saturated rings. The first-order valence-electron chi connectivity index (χ1n) is 13.2. The van der Waals surface area contributed by atoms with Crippen molar-refractivity contribution in [2.24, 2.45) is 0 Å². The van der Waals surface area contributed by atoms with Gasteiger partial charge < -0.3 is 19.5 Å². The van der Waals surface area contributed by atoms with Gasteiger partial charge in [-0.1, -0.05) is 79.7 Å². The number of aliphatic hydroxyl groups excluding tert-OH is 1. The van der Waals surface area contributed by atoms with Crippen LogP contribution in [0.4, 0.5) is 0 Å². The van der Waals surface area contributed by atoms with Crippen molar-refractivity contribution in [1.82, 2.24) is 4.90 Å². The Balaban J connectivity index is 1.63. The highest BCUT2D eigenvalue weighted by Gasteiger charge is 2.15. The average Bonchev–Trinajstić information content (AvgIpc) is 2.96. The van der Waals surface area contributed by atoms with Crippen LogP contribution in [0.1, 0.15) is 40.4 Å². The van der Waals surface area contributed by atoms with E-state index in [0.29, 0.717) is 23.6 Å². The number of ether oxygens (including phenoxy) is 2. The fraction of sp³-hybridized carbons (Fsp3) is 0.206. The molecule has 0 saturated heterocycles. The van der Waals surface area contributed by atoms with Gasteiger partial charge in [-0.3, -0.25) is 0 Å². The molecule has 39 heavy (non-hydrogen) atoms. The third-order valence-electron chi connectivity index (χ3n) is 6.30. The van der Waals surface area contributed by atoms with Crippen molar-refractivity contribution in [3.63, 3.8) is 0 Å². The molecule has 0 radical (unpaired) electrons. The lowest BCUT2D eigenvalue weighted by Crippen LogP contribution is -2.30. The van der Waals surface area contributed by atoms with Crippen molar-refractivity contribution in [3.05, 3.63) is 131 Å². The predicted molar refractivity (Wildman–Crippen MR) is 157 cm³/mol. The van der Waals surface area contributed by atoms with Crippen LogP contribution < -0.4 is 9.47 Å². The van der Waals surface area contributed by atoms with Crippen LogP contribution in [0.5, 0.6) is 11.5 Å². The largest absolute Gasteiger partial charge is 0.491 e. The number of likely N-dealkylation sites (N-methyl/N-ethyl adjacent to an activating group) is 1. The van der Waals surface area contributed by atoms with E-state index >= 15 is 0 Å². The van der Waals surface area contributed by atoms with Crippen LogP contribution in [-0.2, 0) is 0 Å². The molecule has 0 aromatic heterocycles. The fourth-order valence-corrected chi connectivity index (χ4v) is 4.49. The summed E-state index contributed by atoms with van der Waals surface area (Å²) in [5.41, 5.74) is 6.04. The minimum absolute atomic E-state index is 0.230. The predicted octanol–water partition coefficient (Wildman–Crippen LogP) is 6.58. The normalized spacial score (nSPS) is 12.5. The molecule has 4 rings (SSSR count). The summed E-state index contributed by atoms with van der Waals surface area (Å²) in [5.74, 6) is 0.811. The van der Waals surface area contributed by atoms with E-state index in [1.54, 1.807) is 12.1 Å². The van der Waals surface area contributed by atoms with Gasteiger partial charge >= 0.3 is 5.97 Å². The Morgan fingerprint density at radius 1 is 0.718 bits per heavy atom. The summed E-state index contributed by atoms with van der Waals surface area (Å²) < 4.78 is 11.4. The average molecular weight is 522 g/mol. The van der Waals surface area contributed by atoms with Gasteiger partial charge in [-0.25, -0.2) is 4.79 Å². The maximum Gasteiger partial charge on any atom is 0.343 e. The number of carbonyl (C=O) groups excluding carboxylic acids is 1. The lowest BCUT2D eigenvalue weighted by molar-refractivity contribution is 0.0734. The molecule has 0 bridgehead atoms. The molecule has 5 heteroatoms. The minimum Gasteiger partial charge on any atom is -0.491 e. The van der Waals surface area contributed by atoms with Crippen molar-refractivity contribution in [3.8, 4) is 11.5 Å². The molecular weight excluding hydrogens is 486 g/mol. The van der Waals surface area contributed by atoms with Crippen LogP contribution >= 0.6 is 0 Å². The number of aliphatic hydroxyl groups is 1. The van der Waals surface area contributed by atoms with Gasteiger partial charge in [0.05, 0.1) is 5.56 Å². The molecule has 0 amide bonds. The molecule has 0 aliphatic heterocycles. The Hall–Kier alpha value is -4.19. The first-order valence-corrected chi connectivity index (χ1v) is 13.2. The Morgan fingerprint density at radius 3 is 1.74 bits per heavy atom. The second-order valence-corrected chi connectivity index (χ2v) is 9.60. The van der Waals surface area contributed by atoms with E-state index in [0.717, 1.165) is 28.7 Å². The summed E-state index contributed by atoms with van der Waals surface area (Å²) in [6, 6.07) is 34.9. The van der Waals surface area contributed by atoms with Gasteiger partial charge in [0.25, 0.3) is 0 Å². The van der Waals surface area contributed by atoms with Crippen molar-refractivity contribution < 1.29 is 19.4 Å². The van der Waals surface area contributed by atoms with Crippen LogP contribution in [0.3, 0.4) is 0 Å². The van der Waals surface area contributed by atoms with Gasteiger partial charge in [0.1, 0.15) is 24.2 Å². The van der Waals surface area contributed by atoms with Gasteiger partial charge in [0.2, 0.25) is 0 Å². The molecule has 4 aromatic rings. The van der Waals surface area contributed by atoms with Crippen LogP contribution in [-0.4, -0.2) is 49.3 Å². The molecule has 4 aromatic carbocycles. The quantitative estimate of drug-likeness (QED) is 0.137. The van der Waals surface area contributed by atoms with Crippen molar-refractivity contribution in [1.29, 1.82) is 0 Å². The molecule has 1 N–H and O–H groups in total. The van der Waals surface area contributed by atoms with E-state index in [1.807, 2.05) is 104 Å². The van der Waals surface area contributed by atoms with E-state index < -0.39 is 6.10 Å². The zero-order valence-electron chi connectivity index (χ0n) is 22.7. The highest BCUT2D eigenvalue weighted by atomic mass is 16.5. The standard InChI is InChI=1S/C34H35NO4/c1-4-32(25-11-7-5-8-12-25)33(26-15-19-30(20-16-26)38-24-29(36)23-35(2)3)27-17-21-31(22-18-27)39-34(37)28-13-9-6-10-14-28/h5-22,29,36H,4,23-24H2,1-3H3/b33-32+. The summed E-state index contributed by atoms with van der Waals surface area (Å²) in [6.45, 7) is 2.92. The highest BCUT2D eigenvalue weighted by Crippen LogP contribution is 2.35. The van der Waals surface area contributed by atoms with Crippen LogP contribution in [0.15, 0.2) is 109 Å².